The topological polar surface area (TPSA) is 64.0 Å². The third kappa shape index (κ3) is 4.56. The van der Waals surface area contributed by atoms with Crippen LogP contribution in [-0.2, 0) is 17.8 Å². The molecule has 2 heterocycles. The minimum absolute atomic E-state index is 0.0330. The number of carbonyl (C=O) groups is 1. The first-order valence-electron chi connectivity index (χ1n) is 6.92. The Morgan fingerprint density at radius 3 is 2.81 bits per heavy atom. The van der Waals surface area contributed by atoms with E-state index in [4.69, 9.17) is 0 Å². The highest BCUT2D eigenvalue weighted by Gasteiger charge is 2.10. The molecule has 1 N–H and O–H groups in total. The Bertz CT molecular complexity index is 679. The monoisotopic (exact) mass is 285 g/mol. The van der Waals surface area contributed by atoms with Gasteiger partial charge in [0.25, 0.3) is 5.56 Å². The maximum atomic E-state index is 11.9. The fourth-order valence-corrected chi connectivity index (χ4v) is 2.14. The van der Waals surface area contributed by atoms with E-state index in [-0.39, 0.29) is 24.1 Å². The first-order valence-corrected chi connectivity index (χ1v) is 6.92. The number of rotatable bonds is 5. The van der Waals surface area contributed by atoms with Crippen molar-refractivity contribution in [2.75, 3.05) is 0 Å². The van der Waals surface area contributed by atoms with Crippen molar-refractivity contribution in [1.29, 1.82) is 0 Å². The van der Waals surface area contributed by atoms with Gasteiger partial charge in [-0.15, -0.1) is 0 Å². The molecule has 0 aliphatic heterocycles. The summed E-state index contributed by atoms with van der Waals surface area (Å²) in [4.78, 5) is 27.9. The predicted molar refractivity (Wildman–Crippen MR) is 81.0 cm³/mol. The van der Waals surface area contributed by atoms with Gasteiger partial charge in [-0.2, -0.15) is 0 Å². The van der Waals surface area contributed by atoms with Gasteiger partial charge in [-0.05, 0) is 32.0 Å². The molecular weight excluding hydrogens is 266 g/mol. The summed E-state index contributed by atoms with van der Waals surface area (Å²) in [6, 6.07) is 10.6. The van der Waals surface area contributed by atoms with Crippen molar-refractivity contribution in [1.82, 2.24) is 14.9 Å². The van der Waals surface area contributed by atoms with Crippen molar-refractivity contribution >= 4 is 5.91 Å². The zero-order valence-corrected chi connectivity index (χ0v) is 12.2. The smallest absolute Gasteiger partial charge is 0.250 e. The van der Waals surface area contributed by atoms with Gasteiger partial charge in [0.1, 0.15) is 6.54 Å². The summed E-state index contributed by atoms with van der Waals surface area (Å²) in [5.74, 6) is -0.177. The molecule has 0 aliphatic rings. The maximum Gasteiger partial charge on any atom is 0.250 e. The summed E-state index contributed by atoms with van der Waals surface area (Å²) < 4.78 is 1.38. The number of aryl methyl sites for hydroxylation is 1. The van der Waals surface area contributed by atoms with Gasteiger partial charge in [-0.1, -0.05) is 12.1 Å². The van der Waals surface area contributed by atoms with E-state index in [2.05, 4.69) is 10.3 Å². The summed E-state index contributed by atoms with van der Waals surface area (Å²) in [6.07, 6.45) is 2.27. The van der Waals surface area contributed by atoms with Crippen molar-refractivity contribution < 1.29 is 4.79 Å². The predicted octanol–water partition coefficient (Wildman–Crippen LogP) is 1.30. The summed E-state index contributed by atoms with van der Waals surface area (Å²) in [5.41, 5.74) is 1.72. The Hall–Kier alpha value is -2.43. The number of aromatic nitrogens is 2. The largest absolute Gasteiger partial charge is 0.352 e. The molecule has 5 heteroatoms. The number of carbonyl (C=O) groups excluding carboxylic acids is 1. The van der Waals surface area contributed by atoms with Crippen LogP contribution in [0.1, 0.15) is 18.3 Å². The fraction of sp³-hybridized carbons (Fsp3) is 0.312. The molecule has 1 unspecified atom stereocenters. The number of hydrogen-bond donors (Lipinski definition) is 1. The second-order valence-corrected chi connectivity index (χ2v) is 5.11. The van der Waals surface area contributed by atoms with Crippen LogP contribution in [0.2, 0.25) is 0 Å². The van der Waals surface area contributed by atoms with E-state index >= 15 is 0 Å². The van der Waals surface area contributed by atoms with Crippen molar-refractivity contribution in [3.8, 4) is 0 Å². The molecule has 21 heavy (non-hydrogen) atoms. The normalized spacial score (nSPS) is 11.9. The van der Waals surface area contributed by atoms with Crippen LogP contribution in [0.15, 0.2) is 47.4 Å². The first kappa shape index (κ1) is 15.0. The molecule has 5 nitrogen and oxygen atoms in total. The Balaban J connectivity index is 1.90. The number of hydrogen-bond acceptors (Lipinski definition) is 3. The molecule has 2 aromatic heterocycles. The van der Waals surface area contributed by atoms with E-state index in [0.717, 1.165) is 11.4 Å². The highest BCUT2D eigenvalue weighted by molar-refractivity contribution is 5.76. The molecule has 2 rings (SSSR count). The van der Waals surface area contributed by atoms with Crippen LogP contribution in [0, 0.1) is 6.92 Å². The Morgan fingerprint density at radius 1 is 1.29 bits per heavy atom. The van der Waals surface area contributed by atoms with Gasteiger partial charge < -0.3 is 9.88 Å². The minimum atomic E-state index is -0.180. The minimum Gasteiger partial charge on any atom is -0.352 e. The molecular formula is C16H19N3O2. The van der Waals surface area contributed by atoms with Gasteiger partial charge in [0.15, 0.2) is 0 Å². The molecule has 1 amide bonds. The van der Waals surface area contributed by atoms with Crippen LogP contribution in [0.5, 0.6) is 0 Å². The summed E-state index contributed by atoms with van der Waals surface area (Å²) >= 11 is 0. The number of nitrogens with one attached hydrogen (secondary N) is 1. The van der Waals surface area contributed by atoms with Crippen molar-refractivity contribution in [3.63, 3.8) is 0 Å². The second-order valence-electron chi connectivity index (χ2n) is 5.11. The molecule has 2 aromatic rings. The second kappa shape index (κ2) is 6.83. The lowest BCUT2D eigenvalue weighted by molar-refractivity contribution is -0.122. The summed E-state index contributed by atoms with van der Waals surface area (Å²) in [7, 11) is 0. The fourth-order valence-electron chi connectivity index (χ4n) is 2.14. The Labute approximate surface area is 123 Å². The lowest BCUT2D eigenvalue weighted by atomic mass is 10.1. The van der Waals surface area contributed by atoms with Crippen molar-refractivity contribution in [2.24, 2.45) is 0 Å². The number of nitrogens with zero attached hydrogens (tertiary/aromatic N) is 2. The molecule has 0 saturated heterocycles. The molecule has 1 atom stereocenters. The summed E-state index contributed by atoms with van der Waals surface area (Å²) in [6.45, 7) is 3.90. The quantitative estimate of drug-likeness (QED) is 0.900. The van der Waals surface area contributed by atoms with E-state index in [9.17, 15) is 9.59 Å². The molecule has 0 saturated carbocycles. The van der Waals surface area contributed by atoms with Crippen LogP contribution < -0.4 is 10.9 Å². The molecule has 0 spiro atoms. The zero-order chi connectivity index (χ0) is 15.2. The van der Waals surface area contributed by atoms with Gasteiger partial charge >= 0.3 is 0 Å². The molecule has 0 bridgehead atoms. The molecule has 110 valence electrons. The van der Waals surface area contributed by atoms with E-state index in [1.165, 1.54) is 10.6 Å². The summed E-state index contributed by atoms with van der Waals surface area (Å²) in [5, 5.41) is 2.88. The molecule has 0 radical (unpaired) electrons. The van der Waals surface area contributed by atoms with Gasteiger partial charge in [-0.25, -0.2) is 0 Å². The van der Waals surface area contributed by atoms with Crippen LogP contribution in [0.25, 0.3) is 0 Å². The SMILES string of the molecule is Cc1cccc(CC(C)NC(=O)Cn2ccccc2=O)n1. The third-order valence-corrected chi connectivity index (χ3v) is 3.08. The van der Waals surface area contributed by atoms with E-state index in [1.807, 2.05) is 32.0 Å². The zero-order valence-electron chi connectivity index (χ0n) is 12.2. The first-order chi connectivity index (χ1) is 10.0. The van der Waals surface area contributed by atoms with Crippen molar-refractivity contribution in [3.05, 3.63) is 64.3 Å². The van der Waals surface area contributed by atoms with E-state index < -0.39 is 0 Å². The van der Waals surface area contributed by atoms with Gasteiger partial charge in [0.05, 0.1) is 0 Å². The molecule has 0 aliphatic carbocycles. The van der Waals surface area contributed by atoms with Crippen LogP contribution in [0.4, 0.5) is 0 Å². The third-order valence-electron chi connectivity index (χ3n) is 3.08. The van der Waals surface area contributed by atoms with Gasteiger partial charge in [-0.3, -0.25) is 14.6 Å². The lowest BCUT2D eigenvalue weighted by Gasteiger charge is -2.14. The lowest BCUT2D eigenvalue weighted by Crippen LogP contribution is -2.38. The van der Waals surface area contributed by atoms with Gasteiger partial charge in [0, 0.05) is 36.1 Å². The van der Waals surface area contributed by atoms with Crippen LogP contribution in [-0.4, -0.2) is 21.5 Å². The van der Waals surface area contributed by atoms with Crippen molar-refractivity contribution in [2.45, 2.75) is 32.9 Å². The molecule has 0 aromatic carbocycles. The van der Waals surface area contributed by atoms with Crippen LogP contribution >= 0.6 is 0 Å². The van der Waals surface area contributed by atoms with Crippen LogP contribution in [0.3, 0.4) is 0 Å². The van der Waals surface area contributed by atoms with E-state index in [1.54, 1.807) is 18.3 Å². The number of amides is 1. The van der Waals surface area contributed by atoms with Gasteiger partial charge in [0.2, 0.25) is 5.91 Å². The standard InChI is InChI=1S/C16H19N3O2/c1-12-6-5-7-14(17-12)10-13(2)18-15(20)11-19-9-4-3-8-16(19)21/h3-9,13H,10-11H2,1-2H3,(H,18,20). The Morgan fingerprint density at radius 2 is 2.10 bits per heavy atom. The average molecular weight is 285 g/mol. The van der Waals surface area contributed by atoms with E-state index in [0.29, 0.717) is 6.42 Å². The maximum absolute atomic E-state index is 11.9. The highest BCUT2D eigenvalue weighted by Crippen LogP contribution is 2.02. The number of pyridine rings is 2. The highest BCUT2D eigenvalue weighted by atomic mass is 16.2. The average Bonchev–Trinajstić information content (AvgIpc) is 2.41. The molecule has 0 fully saturated rings. The Kier molecular flexibility index (Phi) is 4.87.